The average molecular weight is 310 g/mol. The first-order chi connectivity index (χ1) is 9.82. The van der Waals surface area contributed by atoms with Gasteiger partial charge in [-0.2, -0.15) is 0 Å². The molecule has 1 aliphatic rings. The van der Waals surface area contributed by atoms with Crippen LogP contribution in [0.1, 0.15) is 44.7 Å². The highest BCUT2D eigenvalue weighted by molar-refractivity contribution is 7.90. The smallest absolute Gasteiger partial charge is 0.175 e. The molecule has 0 heterocycles. The molecular formula is C16H26N2O2S. The predicted molar refractivity (Wildman–Crippen MR) is 85.3 cm³/mol. The summed E-state index contributed by atoms with van der Waals surface area (Å²) in [6, 6.07) is 7.16. The molecule has 2 rings (SSSR count). The van der Waals surface area contributed by atoms with Crippen molar-refractivity contribution < 1.29 is 8.42 Å². The maximum Gasteiger partial charge on any atom is 0.175 e. The van der Waals surface area contributed by atoms with E-state index in [1.165, 1.54) is 12.7 Å². The minimum atomic E-state index is -3.19. The summed E-state index contributed by atoms with van der Waals surface area (Å²) in [6.07, 6.45) is 4.69. The van der Waals surface area contributed by atoms with Gasteiger partial charge < -0.3 is 0 Å². The van der Waals surface area contributed by atoms with E-state index in [1.807, 2.05) is 6.07 Å². The second kappa shape index (κ2) is 6.46. The molecule has 3 N–H and O–H groups in total. The molecule has 1 fully saturated rings. The van der Waals surface area contributed by atoms with Crippen LogP contribution in [0.2, 0.25) is 0 Å². The molecule has 4 nitrogen and oxygen atoms in total. The largest absolute Gasteiger partial charge is 0.271 e. The Hall–Kier alpha value is -0.910. The number of nitrogens with one attached hydrogen (secondary N) is 1. The lowest BCUT2D eigenvalue weighted by molar-refractivity contribution is 0.171. The number of benzene rings is 1. The number of hydrogen-bond donors (Lipinski definition) is 2. The first-order valence-corrected chi connectivity index (χ1v) is 9.48. The first-order valence-electron chi connectivity index (χ1n) is 7.59. The van der Waals surface area contributed by atoms with Gasteiger partial charge in [0, 0.05) is 12.3 Å². The molecule has 1 aromatic rings. The van der Waals surface area contributed by atoms with Gasteiger partial charge in [-0.1, -0.05) is 32.4 Å². The van der Waals surface area contributed by atoms with Gasteiger partial charge >= 0.3 is 0 Å². The van der Waals surface area contributed by atoms with E-state index in [0.717, 1.165) is 24.3 Å². The molecule has 1 aromatic carbocycles. The van der Waals surface area contributed by atoms with Crippen LogP contribution < -0.4 is 11.3 Å². The van der Waals surface area contributed by atoms with Crippen molar-refractivity contribution in [2.75, 3.05) is 6.26 Å². The number of hydrogen-bond acceptors (Lipinski definition) is 4. The molecule has 118 valence electrons. The zero-order valence-electron chi connectivity index (χ0n) is 13.0. The van der Waals surface area contributed by atoms with Crippen LogP contribution in [0, 0.1) is 17.8 Å². The van der Waals surface area contributed by atoms with Crippen molar-refractivity contribution in [3.05, 3.63) is 29.8 Å². The molecule has 0 spiro atoms. The summed E-state index contributed by atoms with van der Waals surface area (Å²) in [5.74, 6) is 7.66. The van der Waals surface area contributed by atoms with Gasteiger partial charge in [-0.25, -0.2) is 8.42 Å². The van der Waals surface area contributed by atoms with Gasteiger partial charge in [-0.15, -0.1) is 0 Å². The summed E-state index contributed by atoms with van der Waals surface area (Å²) in [7, 11) is -3.19. The predicted octanol–water partition coefficient (Wildman–Crippen LogP) is 2.67. The number of hydrazine groups is 1. The van der Waals surface area contributed by atoms with Gasteiger partial charge in [0.25, 0.3) is 0 Å². The quantitative estimate of drug-likeness (QED) is 0.662. The monoisotopic (exact) mass is 310 g/mol. The summed E-state index contributed by atoms with van der Waals surface area (Å²) >= 11 is 0. The van der Waals surface area contributed by atoms with Gasteiger partial charge in [-0.3, -0.25) is 11.3 Å². The normalized spacial score (nSPS) is 28.3. The van der Waals surface area contributed by atoms with Crippen LogP contribution in [0.25, 0.3) is 0 Å². The maximum atomic E-state index is 11.7. The topological polar surface area (TPSA) is 72.2 Å². The van der Waals surface area contributed by atoms with E-state index in [2.05, 4.69) is 19.3 Å². The molecule has 0 aliphatic heterocycles. The van der Waals surface area contributed by atoms with Crippen molar-refractivity contribution in [2.24, 2.45) is 23.6 Å². The summed E-state index contributed by atoms with van der Waals surface area (Å²) < 4.78 is 23.4. The highest BCUT2D eigenvalue weighted by Gasteiger charge is 2.30. The summed E-state index contributed by atoms with van der Waals surface area (Å²) in [5.41, 5.74) is 3.87. The molecule has 0 aromatic heterocycles. The highest BCUT2D eigenvalue weighted by Crippen LogP contribution is 2.39. The molecule has 0 saturated heterocycles. The Labute approximate surface area is 128 Å². The van der Waals surface area contributed by atoms with Crippen LogP contribution in [0.4, 0.5) is 0 Å². The molecule has 0 bridgehead atoms. The van der Waals surface area contributed by atoms with E-state index in [-0.39, 0.29) is 6.04 Å². The molecule has 21 heavy (non-hydrogen) atoms. The zero-order chi connectivity index (χ0) is 15.6. The fourth-order valence-electron chi connectivity index (χ4n) is 3.34. The summed E-state index contributed by atoms with van der Waals surface area (Å²) in [5, 5.41) is 0. The SMILES string of the molecule is CC1CCC(C(NN)c2cccc(S(C)(=O)=O)c2)CC1C. The number of rotatable bonds is 4. The van der Waals surface area contributed by atoms with Gasteiger partial charge in [0.2, 0.25) is 0 Å². The molecule has 4 atom stereocenters. The van der Waals surface area contributed by atoms with Crippen LogP contribution in [-0.4, -0.2) is 14.7 Å². The van der Waals surface area contributed by atoms with Crippen LogP contribution in [0.5, 0.6) is 0 Å². The molecule has 1 saturated carbocycles. The Bertz CT molecular complexity index is 586. The van der Waals surface area contributed by atoms with E-state index >= 15 is 0 Å². The van der Waals surface area contributed by atoms with Gasteiger partial charge in [0.05, 0.1) is 4.90 Å². The zero-order valence-corrected chi connectivity index (χ0v) is 13.9. The fraction of sp³-hybridized carbons (Fsp3) is 0.625. The molecule has 5 heteroatoms. The Kier molecular flexibility index (Phi) is 5.07. The van der Waals surface area contributed by atoms with Crippen LogP contribution >= 0.6 is 0 Å². The average Bonchev–Trinajstić information content (AvgIpc) is 2.43. The highest BCUT2D eigenvalue weighted by atomic mass is 32.2. The third kappa shape index (κ3) is 3.84. The third-order valence-electron chi connectivity index (χ3n) is 4.94. The standard InChI is InChI=1S/C16H26N2O2S/c1-11-7-8-14(9-12(11)2)16(18-17)13-5-4-6-15(10-13)21(3,19)20/h4-6,10-12,14,16,18H,7-9,17H2,1-3H3. The van der Waals surface area contributed by atoms with E-state index in [9.17, 15) is 8.42 Å². The van der Waals surface area contributed by atoms with E-state index in [0.29, 0.717) is 16.7 Å². The first kappa shape index (κ1) is 16.5. The van der Waals surface area contributed by atoms with Gasteiger partial charge in [0.15, 0.2) is 9.84 Å². The van der Waals surface area contributed by atoms with Crippen LogP contribution in [-0.2, 0) is 9.84 Å². The lowest BCUT2D eigenvalue weighted by atomic mass is 9.72. The molecular weight excluding hydrogens is 284 g/mol. The number of nitrogens with two attached hydrogens (primary N) is 1. The fourth-order valence-corrected chi connectivity index (χ4v) is 4.01. The maximum absolute atomic E-state index is 11.7. The van der Waals surface area contributed by atoms with Crippen molar-refractivity contribution >= 4 is 9.84 Å². The lowest BCUT2D eigenvalue weighted by Gasteiger charge is -2.36. The molecule has 0 amide bonds. The van der Waals surface area contributed by atoms with E-state index in [4.69, 9.17) is 5.84 Å². The van der Waals surface area contributed by atoms with E-state index in [1.54, 1.807) is 18.2 Å². The van der Waals surface area contributed by atoms with Crippen molar-refractivity contribution in [3.63, 3.8) is 0 Å². The third-order valence-corrected chi connectivity index (χ3v) is 6.05. The van der Waals surface area contributed by atoms with E-state index < -0.39 is 9.84 Å². The summed E-state index contributed by atoms with van der Waals surface area (Å²) in [6.45, 7) is 4.59. The second-order valence-electron chi connectivity index (χ2n) is 6.52. The molecule has 0 radical (unpaired) electrons. The second-order valence-corrected chi connectivity index (χ2v) is 8.53. The Balaban J connectivity index is 2.26. The minimum Gasteiger partial charge on any atom is -0.271 e. The van der Waals surface area contributed by atoms with Gasteiger partial charge in [0.1, 0.15) is 0 Å². The Morgan fingerprint density at radius 2 is 1.95 bits per heavy atom. The molecule has 4 unspecified atom stereocenters. The Morgan fingerprint density at radius 3 is 2.52 bits per heavy atom. The number of sulfone groups is 1. The molecule has 1 aliphatic carbocycles. The van der Waals surface area contributed by atoms with Gasteiger partial charge in [-0.05, 0) is 48.3 Å². The van der Waals surface area contributed by atoms with Crippen molar-refractivity contribution in [3.8, 4) is 0 Å². The van der Waals surface area contributed by atoms with Crippen LogP contribution in [0.15, 0.2) is 29.2 Å². The lowest BCUT2D eigenvalue weighted by Crippen LogP contribution is -2.37. The minimum absolute atomic E-state index is 0.0154. The van der Waals surface area contributed by atoms with Crippen molar-refractivity contribution in [1.29, 1.82) is 0 Å². The van der Waals surface area contributed by atoms with Crippen LogP contribution in [0.3, 0.4) is 0 Å². The van der Waals surface area contributed by atoms with Crippen molar-refractivity contribution in [1.82, 2.24) is 5.43 Å². The van der Waals surface area contributed by atoms with Crippen molar-refractivity contribution in [2.45, 2.75) is 44.0 Å². The summed E-state index contributed by atoms with van der Waals surface area (Å²) in [4.78, 5) is 0.359. The Morgan fingerprint density at radius 1 is 1.24 bits per heavy atom.